The molecule has 2 rings (SSSR count). The van der Waals surface area contributed by atoms with E-state index in [4.69, 9.17) is 17.3 Å². The molecule has 0 aromatic heterocycles. The van der Waals surface area contributed by atoms with E-state index in [0.717, 1.165) is 24.8 Å². The standard InChI is InChI=1S/C16H24ClN3O/c1-3-14(18)16(11-4-6-12(17)7-5-11)20(2)10-15(21)19-13-8-9-13/h4-7,13-14,16H,3,8-10,18H2,1-2H3,(H,19,21). The molecule has 1 aliphatic carbocycles. The molecular formula is C16H24ClN3O. The van der Waals surface area contributed by atoms with Crippen LogP contribution >= 0.6 is 11.6 Å². The number of nitrogens with two attached hydrogens (primary N) is 1. The molecular weight excluding hydrogens is 286 g/mol. The number of amides is 1. The van der Waals surface area contributed by atoms with Crippen molar-refractivity contribution < 1.29 is 4.79 Å². The number of nitrogens with zero attached hydrogens (tertiary/aromatic N) is 1. The van der Waals surface area contributed by atoms with Gasteiger partial charge in [0.15, 0.2) is 0 Å². The zero-order valence-electron chi connectivity index (χ0n) is 12.7. The molecule has 1 aromatic carbocycles. The van der Waals surface area contributed by atoms with Crippen LogP contribution in [-0.2, 0) is 4.79 Å². The summed E-state index contributed by atoms with van der Waals surface area (Å²) in [6.07, 6.45) is 3.05. The molecule has 116 valence electrons. The van der Waals surface area contributed by atoms with Gasteiger partial charge < -0.3 is 11.1 Å². The van der Waals surface area contributed by atoms with Crippen LogP contribution in [0.3, 0.4) is 0 Å². The van der Waals surface area contributed by atoms with Gasteiger partial charge in [-0.3, -0.25) is 9.69 Å². The van der Waals surface area contributed by atoms with Crippen LogP contribution in [0.2, 0.25) is 5.02 Å². The molecule has 2 atom stereocenters. The highest BCUT2D eigenvalue weighted by molar-refractivity contribution is 6.30. The van der Waals surface area contributed by atoms with E-state index < -0.39 is 0 Å². The van der Waals surface area contributed by atoms with Crippen LogP contribution in [0.5, 0.6) is 0 Å². The summed E-state index contributed by atoms with van der Waals surface area (Å²) in [5, 5.41) is 3.72. The molecule has 0 radical (unpaired) electrons. The molecule has 21 heavy (non-hydrogen) atoms. The maximum absolute atomic E-state index is 12.0. The van der Waals surface area contributed by atoms with Crippen LogP contribution in [0.25, 0.3) is 0 Å². The van der Waals surface area contributed by atoms with Crippen LogP contribution in [0.4, 0.5) is 0 Å². The van der Waals surface area contributed by atoms with Crippen molar-refractivity contribution in [3.63, 3.8) is 0 Å². The Labute approximate surface area is 131 Å². The van der Waals surface area contributed by atoms with E-state index in [0.29, 0.717) is 17.6 Å². The quantitative estimate of drug-likeness (QED) is 0.813. The molecule has 0 bridgehead atoms. The van der Waals surface area contributed by atoms with Gasteiger partial charge in [-0.05, 0) is 44.0 Å². The third-order valence-corrected chi connectivity index (χ3v) is 4.15. The largest absolute Gasteiger partial charge is 0.352 e. The third-order valence-electron chi connectivity index (χ3n) is 3.90. The van der Waals surface area contributed by atoms with Crippen LogP contribution < -0.4 is 11.1 Å². The average molecular weight is 310 g/mol. The highest BCUT2D eigenvalue weighted by atomic mass is 35.5. The summed E-state index contributed by atoms with van der Waals surface area (Å²) in [5.74, 6) is 0.0715. The maximum atomic E-state index is 12.0. The van der Waals surface area contributed by atoms with Crippen molar-refractivity contribution in [1.29, 1.82) is 0 Å². The van der Waals surface area contributed by atoms with E-state index in [9.17, 15) is 4.79 Å². The summed E-state index contributed by atoms with van der Waals surface area (Å²) in [4.78, 5) is 14.0. The smallest absolute Gasteiger partial charge is 0.234 e. The number of likely N-dealkylation sites (N-methyl/N-ethyl adjacent to an activating group) is 1. The summed E-state index contributed by atoms with van der Waals surface area (Å²) in [6.45, 7) is 2.42. The lowest BCUT2D eigenvalue weighted by Crippen LogP contribution is -2.44. The van der Waals surface area contributed by atoms with Gasteiger partial charge in [-0.1, -0.05) is 30.7 Å². The van der Waals surface area contributed by atoms with Crippen molar-refractivity contribution in [2.45, 2.75) is 44.3 Å². The molecule has 1 fully saturated rings. The van der Waals surface area contributed by atoms with E-state index >= 15 is 0 Å². The van der Waals surface area contributed by atoms with Gasteiger partial charge in [0.25, 0.3) is 0 Å². The van der Waals surface area contributed by atoms with E-state index in [2.05, 4.69) is 12.2 Å². The van der Waals surface area contributed by atoms with Gasteiger partial charge in [0.05, 0.1) is 12.6 Å². The lowest BCUT2D eigenvalue weighted by Gasteiger charge is -2.32. The first-order chi connectivity index (χ1) is 10.0. The van der Waals surface area contributed by atoms with E-state index in [1.807, 2.05) is 36.2 Å². The van der Waals surface area contributed by atoms with Gasteiger partial charge in [-0.2, -0.15) is 0 Å². The number of hydrogen-bond donors (Lipinski definition) is 2. The minimum absolute atomic E-state index is 0.0113. The molecule has 2 unspecified atom stereocenters. The molecule has 0 spiro atoms. The second-order valence-corrected chi connectivity index (χ2v) is 6.26. The first-order valence-electron chi connectivity index (χ1n) is 7.52. The van der Waals surface area contributed by atoms with Gasteiger partial charge >= 0.3 is 0 Å². The summed E-state index contributed by atoms with van der Waals surface area (Å²) in [5.41, 5.74) is 7.36. The molecule has 0 aliphatic heterocycles. The summed E-state index contributed by atoms with van der Waals surface area (Å²) < 4.78 is 0. The first kappa shape index (κ1) is 16.3. The number of halogens is 1. The topological polar surface area (TPSA) is 58.4 Å². The average Bonchev–Trinajstić information content (AvgIpc) is 3.24. The van der Waals surface area contributed by atoms with Gasteiger partial charge in [-0.15, -0.1) is 0 Å². The Morgan fingerprint density at radius 1 is 1.43 bits per heavy atom. The molecule has 0 heterocycles. The number of benzene rings is 1. The fourth-order valence-electron chi connectivity index (χ4n) is 2.54. The highest BCUT2D eigenvalue weighted by Crippen LogP contribution is 2.25. The number of hydrogen-bond acceptors (Lipinski definition) is 3. The number of rotatable bonds is 7. The van der Waals surface area contributed by atoms with Crippen LogP contribution in [0, 0.1) is 0 Å². The molecule has 1 aliphatic rings. The monoisotopic (exact) mass is 309 g/mol. The number of nitrogens with one attached hydrogen (secondary N) is 1. The molecule has 3 N–H and O–H groups in total. The Bertz CT molecular complexity index is 473. The van der Waals surface area contributed by atoms with Gasteiger partial charge in [0.1, 0.15) is 0 Å². The second kappa shape index (κ2) is 7.25. The lowest BCUT2D eigenvalue weighted by atomic mass is 9.96. The van der Waals surface area contributed by atoms with Crippen LogP contribution in [-0.4, -0.2) is 36.5 Å². The van der Waals surface area contributed by atoms with Crippen LogP contribution in [0.1, 0.15) is 37.8 Å². The SMILES string of the molecule is CCC(N)C(c1ccc(Cl)cc1)N(C)CC(=O)NC1CC1. The third kappa shape index (κ3) is 4.70. The zero-order valence-corrected chi connectivity index (χ0v) is 13.4. The van der Waals surface area contributed by atoms with Crippen LogP contribution in [0.15, 0.2) is 24.3 Å². The maximum Gasteiger partial charge on any atom is 0.234 e. The Morgan fingerprint density at radius 3 is 2.57 bits per heavy atom. The van der Waals surface area contributed by atoms with Crippen molar-refractivity contribution in [1.82, 2.24) is 10.2 Å². The van der Waals surface area contributed by atoms with Crippen molar-refractivity contribution in [2.24, 2.45) is 5.73 Å². The molecule has 0 saturated heterocycles. The summed E-state index contributed by atoms with van der Waals surface area (Å²) >= 11 is 5.95. The Balaban J connectivity index is 2.06. The van der Waals surface area contributed by atoms with Gasteiger partial charge in [-0.25, -0.2) is 0 Å². The van der Waals surface area contributed by atoms with E-state index in [1.165, 1.54) is 0 Å². The fraction of sp³-hybridized carbons (Fsp3) is 0.562. The Morgan fingerprint density at radius 2 is 2.05 bits per heavy atom. The first-order valence-corrected chi connectivity index (χ1v) is 7.89. The van der Waals surface area contributed by atoms with Crippen molar-refractivity contribution >= 4 is 17.5 Å². The normalized spacial score (nSPS) is 17.6. The van der Waals surface area contributed by atoms with Crippen molar-refractivity contribution in [3.8, 4) is 0 Å². The Hall–Kier alpha value is -1.10. The van der Waals surface area contributed by atoms with Gasteiger partial charge in [0, 0.05) is 17.1 Å². The molecule has 5 heteroatoms. The second-order valence-electron chi connectivity index (χ2n) is 5.83. The molecule has 1 aromatic rings. The van der Waals surface area contributed by atoms with E-state index in [1.54, 1.807) is 0 Å². The van der Waals surface area contributed by atoms with E-state index in [-0.39, 0.29) is 18.0 Å². The fourth-order valence-corrected chi connectivity index (χ4v) is 2.66. The number of carbonyl (C=O) groups excluding carboxylic acids is 1. The Kier molecular flexibility index (Phi) is 5.62. The van der Waals surface area contributed by atoms with Crippen molar-refractivity contribution in [3.05, 3.63) is 34.9 Å². The number of carbonyl (C=O) groups is 1. The molecule has 1 saturated carbocycles. The summed E-state index contributed by atoms with van der Waals surface area (Å²) in [6, 6.07) is 8.08. The predicted octanol–water partition coefficient (Wildman–Crippen LogP) is 2.33. The molecule has 4 nitrogen and oxygen atoms in total. The zero-order chi connectivity index (χ0) is 15.4. The van der Waals surface area contributed by atoms with Gasteiger partial charge in [0.2, 0.25) is 5.91 Å². The summed E-state index contributed by atoms with van der Waals surface area (Å²) in [7, 11) is 1.95. The lowest BCUT2D eigenvalue weighted by molar-refractivity contribution is -0.122. The molecule has 1 amide bonds. The predicted molar refractivity (Wildman–Crippen MR) is 86.3 cm³/mol. The highest BCUT2D eigenvalue weighted by Gasteiger charge is 2.27. The minimum atomic E-state index is -0.0232. The minimum Gasteiger partial charge on any atom is -0.352 e. The van der Waals surface area contributed by atoms with Crippen molar-refractivity contribution in [2.75, 3.05) is 13.6 Å².